The first kappa shape index (κ1) is 14.5. The number of hydrogen-bond donors (Lipinski definition) is 2. The van der Waals surface area contributed by atoms with Gasteiger partial charge in [0.15, 0.2) is 4.67 Å². The van der Waals surface area contributed by atoms with E-state index in [0.29, 0.717) is 26.1 Å². The molecule has 0 bridgehead atoms. The number of sulfonamides is 1. The minimum Gasteiger partial charge on any atom is -0.475 e. The topological polar surface area (TPSA) is 114 Å². The highest BCUT2D eigenvalue weighted by Gasteiger charge is 2.35. The zero-order chi connectivity index (χ0) is 14.2. The third-order valence-electron chi connectivity index (χ3n) is 3.07. The Bertz CT molecular complexity index is 597. The first-order chi connectivity index (χ1) is 8.86. The molecule has 0 spiro atoms. The molecule has 0 radical (unpaired) electrons. The van der Waals surface area contributed by atoms with E-state index in [4.69, 9.17) is 15.3 Å². The predicted molar refractivity (Wildman–Crippen MR) is 69.3 cm³/mol. The maximum atomic E-state index is 12.4. The number of carboxylic acids is 1. The van der Waals surface area contributed by atoms with E-state index in [1.165, 1.54) is 4.31 Å². The second-order valence-electron chi connectivity index (χ2n) is 4.31. The Balaban J connectivity index is 2.32. The van der Waals surface area contributed by atoms with Gasteiger partial charge in [-0.25, -0.2) is 13.2 Å². The molecular weight excluding hydrogens is 340 g/mol. The summed E-state index contributed by atoms with van der Waals surface area (Å²) in [6, 6.07) is 1.01. The number of rotatable bonds is 4. The van der Waals surface area contributed by atoms with Crippen LogP contribution in [0.25, 0.3) is 0 Å². The van der Waals surface area contributed by atoms with Gasteiger partial charge in [-0.2, -0.15) is 4.31 Å². The van der Waals surface area contributed by atoms with Crippen molar-refractivity contribution in [3.63, 3.8) is 0 Å². The fraction of sp³-hybridized carbons (Fsp3) is 0.500. The van der Waals surface area contributed by atoms with Crippen molar-refractivity contribution in [2.24, 2.45) is 11.7 Å². The molecule has 7 nitrogen and oxygen atoms in total. The molecule has 19 heavy (non-hydrogen) atoms. The fourth-order valence-corrected chi connectivity index (χ4v) is 4.41. The van der Waals surface area contributed by atoms with Crippen molar-refractivity contribution in [1.29, 1.82) is 0 Å². The molecule has 106 valence electrons. The molecule has 1 atom stereocenters. The van der Waals surface area contributed by atoms with Crippen molar-refractivity contribution in [1.82, 2.24) is 4.31 Å². The lowest BCUT2D eigenvalue weighted by Crippen LogP contribution is -2.30. The predicted octanol–water partition coefficient (Wildman–Crippen LogP) is 0.710. The molecule has 0 amide bonds. The molecular formula is C10H13BrN2O5S. The molecule has 0 aromatic carbocycles. The number of aromatic carboxylic acids is 1. The van der Waals surface area contributed by atoms with Crippen LogP contribution >= 0.6 is 15.9 Å². The van der Waals surface area contributed by atoms with Crippen LogP contribution in [0.15, 0.2) is 20.0 Å². The van der Waals surface area contributed by atoms with Gasteiger partial charge in [-0.1, -0.05) is 0 Å². The average Bonchev–Trinajstić information content (AvgIpc) is 2.95. The molecule has 1 saturated heterocycles. The Kier molecular flexibility index (Phi) is 4.00. The molecule has 0 aliphatic carbocycles. The summed E-state index contributed by atoms with van der Waals surface area (Å²) in [5.74, 6) is -1.59. The summed E-state index contributed by atoms with van der Waals surface area (Å²) < 4.78 is 30.8. The Hall–Kier alpha value is -0.900. The number of halogens is 1. The number of furan rings is 1. The summed E-state index contributed by atoms with van der Waals surface area (Å²) >= 11 is 2.94. The Morgan fingerprint density at radius 1 is 1.63 bits per heavy atom. The van der Waals surface area contributed by atoms with Gasteiger partial charge in [0, 0.05) is 19.2 Å². The van der Waals surface area contributed by atoms with Crippen LogP contribution in [-0.2, 0) is 10.0 Å². The van der Waals surface area contributed by atoms with E-state index in [1.807, 2.05) is 0 Å². The molecule has 2 rings (SSSR count). The summed E-state index contributed by atoms with van der Waals surface area (Å²) in [6.07, 6.45) is 0.705. The van der Waals surface area contributed by atoms with Gasteiger partial charge in [-0.05, 0) is 34.8 Å². The molecule has 1 aliphatic rings. The maximum absolute atomic E-state index is 12.4. The van der Waals surface area contributed by atoms with E-state index in [1.54, 1.807) is 0 Å². The second-order valence-corrected chi connectivity index (χ2v) is 6.93. The van der Waals surface area contributed by atoms with Crippen LogP contribution in [0.2, 0.25) is 0 Å². The molecule has 3 N–H and O–H groups in total. The van der Waals surface area contributed by atoms with Crippen molar-refractivity contribution in [3.8, 4) is 0 Å². The van der Waals surface area contributed by atoms with Gasteiger partial charge < -0.3 is 15.3 Å². The summed E-state index contributed by atoms with van der Waals surface area (Å²) in [5, 5.41) is 8.79. The molecule has 2 heterocycles. The van der Waals surface area contributed by atoms with Gasteiger partial charge in [0.1, 0.15) is 4.90 Å². The summed E-state index contributed by atoms with van der Waals surface area (Å²) in [5.41, 5.74) is 5.52. The Labute approximate surface area is 118 Å². The van der Waals surface area contributed by atoms with Crippen LogP contribution in [0, 0.1) is 5.92 Å². The third-order valence-corrected chi connectivity index (χ3v) is 5.79. The molecule has 0 saturated carbocycles. The normalized spacial score (nSPS) is 20.8. The Morgan fingerprint density at radius 2 is 2.32 bits per heavy atom. The monoisotopic (exact) mass is 352 g/mol. The van der Waals surface area contributed by atoms with E-state index < -0.39 is 21.8 Å². The summed E-state index contributed by atoms with van der Waals surface area (Å²) in [7, 11) is -3.75. The summed E-state index contributed by atoms with van der Waals surface area (Å²) in [6.45, 7) is 1.15. The highest BCUT2D eigenvalue weighted by atomic mass is 79.9. The number of hydrogen-bond acceptors (Lipinski definition) is 5. The van der Waals surface area contributed by atoms with Gasteiger partial charge >= 0.3 is 5.97 Å². The molecule has 1 aromatic rings. The standard InChI is InChI=1S/C10H13BrN2O5S/c11-9-8(3-7(18-9)10(14)15)19(16,17)13-2-1-6(4-12)5-13/h3,6H,1-2,4-5,12H2,(H,14,15). The van der Waals surface area contributed by atoms with Gasteiger partial charge in [0.25, 0.3) is 0 Å². The van der Waals surface area contributed by atoms with E-state index in [-0.39, 0.29) is 15.5 Å². The van der Waals surface area contributed by atoms with Gasteiger partial charge in [0.05, 0.1) is 0 Å². The minimum absolute atomic E-state index is 0.0962. The fourth-order valence-electron chi connectivity index (χ4n) is 1.98. The zero-order valence-corrected chi connectivity index (χ0v) is 12.3. The van der Waals surface area contributed by atoms with Gasteiger partial charge in [-0.3, -0.25) is 0 Å². The Morgan fingerprint density at radius 3 is 2.79 bits per heavy atom. The number of nitrogens with two attached hydrogens (primary N) is 1. The minimum atomic E-state index is -3.75. The van der Waals surface area contributed by atoms with E-state index in [9.17, 15) is 13.2 Å². The smallest absolute Gasteiger partial charge is 0.371 e. The van der Waals surface area contributed by atoms with E-state index in [2.05, 4.69) is 15.9 Å². The van der Waals surface area contributed by atoms with Crippen LogP contribution in [0.3, 0.4) is 0 Å². The zero-order valence-electron chi connectivity index (χ0n) is 9.87. The third kappa shape index (κ3) is 2.69. The van der Waals surface area contributed by atoms with Crippen LogP contribution in [0.1, 0.15) is 17.0 Å². The lowest BCUT2D eigenvalue weighted by molar-refractivity contribution is 0.0661. The first-order valence-corrected chi connectivity index (χ1v) is 7.82. The van der Waals surface area contributed by atoms with E-state index in [0.717, 1.165) is 6.07 Å². The van der Waals surface area contributed by atoms with Crippen LogP contribution < -0.4 is 5.73 Å². The molecule has 9 heteroatoms. The molecule has 1 fully saturated rings. The molecule has 1 aliphatic heterocycles. The lowest BCUT2D eigenvalue weighted by Gasteiger charge is -2.15. The molecule has 1 unspecified atom stereocenters. The maximum Gasteiger partial charge on any atom is 0.371 e. The van der Waals surface area contributed by atoms with Crippen molar-refractivity contribution in [2.45, 2.75) is 11.3 Å². The van der Waals surface area contributed by atoms with Gasteiger partial charge in [0.2, 0.25) is 15.8 Å². The quantitative estimate of drug-likeness (QED) is 0.824. The first-order valence-electron chi connectivity index (χ1n) is 5.59. The lowest BCUT2D eigenvalue weighted by atomic mass is 10.1. The number of nitrogens with zero attached hydrogens (tertiary/aromatic N) is 1. The van der Waals surface area contributed by atoms with Crippen molar-refractivity contribution in [3.05, 3.63) is 16.5 Å². The van der Waals surface area contributed by atoms with Crippen LogP contribution in [0.5, 0.6) is 0 Å². The average molecular weight is 353 g/mol. The SMILES string of the molecule is NCC1CCN(S(=O)(=O)c2cc(C(=O)O)oc2Br)C1. The van der Waals surface area contributed by atoms with Crippen molar-refractivity contribution in [2.75, 3.05) is 19.6 Å². The number of carboxylic acid groups (broad SMARTS) is 1. The highest BCUT2D eigenvalue weighted by Crippen LogP contribution is 2.31. The van der Waals surface area contributed by atoms with Crippen LogP contribution in [0.4, 0.5) is 0 Å². The molecule has 1 aromatic heterocycles. The van der Waals surface area contributed by atoms with Gasteiger partial charge in [-0.15, -0.1) is 0 Å². The van der Waals surface area contributed by atoms with Crippen molar-refractivity contribution >= 4 is 31.9 Å². The summed E-state index contributed by atoms with van der Waals surface area (Å²) in [4.78, 5) is 10.6. The van der Waals surface area contributed by atoms with Crippen molar-refractivity contribution < 1.29 is 22.7 Å². The van der Waals surface area contributed by atoms with Crippen LogP contribution in [-0.4, -0.2) is 43.4 Å². The van der Waals surface area contributed by atoms with E-state index >= 15 is 0 Å². The highest BCUT2D eigenvalue weighted by molar-refractivity contribution is 9.10. The second kappa shape index (κ2) is 5.23. The number of carbonyl (C=O) groups is 1. The largest absolute Gasteiger partial charge is 0.475 e.